The number of aromatic nitrogens is 7. The topological polar surface area (TPSA) is 162 Å². The Hall–Kier alpha value is -5.67. The second kappa shape index (κ2) is 25.6. The van der Waals surface area contributed by atoms with Gasteiger partial charge in [-0.2, -0.15) is 0 Å². The van der Waals surface area contributed by atoms with Crippen molar-refractivity contribution in [3.8, 4) is 11.3 Å². The van der Waals surface area contributed by atoms with Crippen LogP contribution < -0.4 is 16.1 Å². The monoisotopic (exact) mass is 1310 g/mol. The van der Waals surface area contributed by atoms with Gasteiger partial charge in [0, 0.05) is 69.7 Å². The van der Waals surface area contributed by atoms with Gasteiger partial charge in [0.1, 0.15) is 31.1 Å². The Kier molecular flexibility index (Phi) is 19.2. The maximum absolute atomic E-state index is 13.4. The first-order valence-electron chi connectivity index (χ1n) is 24.3. The lowest BCUT2D eigenvalue weighted by atomic mass is 9.79. The molecule has 0 spiro atoms. The molecule has 78 heavy (non-hydrogen) atoms. The molecule has 1 aliphatic rings. The molecule has 1 saturated heterocycles. The molecule has 400 valence electrons. The van der Waals surface area contributed by atoms with Crippen molar-refractivity contribution in [3.63, 3.8) is 0 Å². The molecular weight excluding hydrogens is 1260 g/mol. The van der Waals surface area contributed by atoms with Crippen molar-refractivity contribution in [3.05, 3.63) is 215 Å². The van der Waals surface area contributed by atoms with Crippen LogP contribution in [0.15, 0.2) is 183 Å². The van der Waals surface area contributed by atoms with E-state index < -0.39 is 28.3 Å². The van der Waals surface area contributed by atoms with Crippen LogP contribution in [0, 0.1) is 13.8 Å². The number of nitrogens with zero attached hydrogens (tertiary/aromatic N) is 6. The van der Waals surface area contributed by atoms with Crippen molar-refractivity contribution in [2.24, 2.45) is 0 Å². The summed E-state index contributed by atoms with van der Waals surface area (Å²) in [6, 6.07) is 43.4. The van der Waals surface area contributed by atoms with Gasteiger partial charge in [-0.05, 0) is 191 Å². The van der Waals surface area contributed by atoms with E-state index in [1.165, 1.54) is 9.54 Å². The van der Waals surface area contributed by atoms with Gasteiger partial charge < -0.3 is 24.9 Å². The summed E-state index contributed by atoms with van der Waals surface area (Å²) in [6.07, 6.45) is 6.77. The molecule has 3 N–H and O–H groups in total. The quantitative estimate of drug-likeness (QED) is 0.0883. The molecule has 0 radical (unpaired) electrons. The number of rotatable bonds is 10. The average molecular weight is 1320 g/mol. The highest BCUT2D eigenvalue weighted by molar-refractivity contribution is 9.11. The summed E-state index contributed by atoms with van der Waals surface area (Å²) >= 11 is 27.6. The van der Waals surface area contributed by atoms with Crippen molar-refractivity contribution in [1.82, 2.24) is 33.9 Å². The molecule has 0 atom stereocenters. The lowest BCUT2D eigenvalue weighted by molar-refractivity contribution is 0.00578. The van der Waals surface area contributed by atoms with Crippen molar-refractivity contribution < 1.29 is 17.7 Å². The average Bonchev–Trinajstić information content (AvgIpc) is 4.18. The molecule has 1 fully saturated rings. The SMILES string of the molecule is Brc1cccc(Br)n1.Cc1ccc(S(=O)(=O)n2cc(B3OC(C)(C)C(C)(C)O3)c3cc(C)cnc32)cc1.Clc1ccc(CNc2cccc(-c3c[nH]c4ncc(Cl)cc34)n2)cc1.Clc1ccc(CNc2cccc(Br)n2)cc1. The van der Waals surface area contributed by atoms with Crippen molar-refractivity contribution in [2.45, 2.75) is 70.7 Å². The summed E-state index contributed by atoms with van der Waals surface area (Å²) in [5, 5.41) is 10.3. The minimum atomic E-state index is -3.82. The number of nitrogens with one attached hydrogen (secondary N) is 3. The predicted octanol–water partition coefficient (Wildman–Crippen LogP) is 15.4. The Bertz CT molecular complexity index is 3770. The van der Waals surface area contributed by atoms with E-state index in [-0.39, 0.29) is 4.90 Å². The summed E-state index contributed by atoms with van der Waals surface area (Å²) in [7, 11) is -4.50. The number of fused-ring (bicyclic) bond motifs is 2. The summed E-state index contributed by atoms with van der Waals surface area (Å²) < 4.78 is 42.9. The highest BCUT2D eigenvalue weighted by Gasteiger charge is 2.52. The first-order valence-corrected chi connectivity index (χ1v) is 29.2. The van der Waals surface area contributed by atoms with Crippen LogP contribution in [0.25, 0.3) is 33.3 Å². The van der Waals surface area contributed by atoms with E-state index in [0.29, 0.717) is 28.1 Å². The van der Waals surface area contributed by atoms with E-state index >= 15 is 0 Å². The molecule has 0 aliphatic carbocycles. The number of aryl methyl sites for hydroxylation is 2. The Balaban J connectivity index is 0.000000148. The maximum atomic E-state index is 13.4. The molecule has 0 amide bonds. The Labute approximate surface area is 494 Å². The van der Waals surface area contributed by atoms with Gasteiger partial charge in [0.2, 0.25) is 0 Å². The standard InChI is InChI=1S/C21H25BN2O4S.C19H14Cl2N4.C12H10BrClN2.C5H3Br2N/c1-14-7-9-16(10-8-14)29(25,26)24-13-18(17-11-15(2)12-23-19(17)24)22-27-20(3,4)21(5,6)28-22;20-13-6-4-12(5-7-13)9-22-18-3-1-2-17(25-18)16-11-24-19-15(16)8-14(21)10-23-19;13-11-2-1-3-12(16-11)15-8-9-4-6-10(14)7-5-9;6-4-2-1-3-5(7)8-4/h7-13H,1-6H3;1-8,10-11H,9H2,(H,22,25)(H,23,24);1-7H,8H2,(H,15,16);1-3H. The van der Waals surface area contributed by atoms with Gasteiger partial charge in [0.25, 0.3) is 10.0 Å². The predicted molar refractivity (Wildman–Crippen MR) is 327 cm³/mol. The molecule has 21 heteroatoms. The normalized spacial score (nSPS) is 13.4. The fourth-order valence-electron chi connectivity index (χ4n) is 7.72. The van der Waals surface area contributed by atoms with Crippen LogP contribution in [-0.2, 0) is 32.4 Å². The van der Waals surface area contributed by atoms with E-state index in [9.17, 15) is 8.42 Å². The Morgan fingerprint density at radius 2 is 1.15 bits per heavy atom. The van der Waals surface area contributed by atoms with Crippen LogP contribution in [0.2, 0.25) is 15.1 Å². The van der Waals surface area contributed by atoms with Gasteiger partial charge in [-0.15, -0.1) is 0 Å². The van der Waals surface area contributed by atoms with Gasteiger partial charge in [-0.3, -0.25) is 0 Å². The van der Waals surface area contributed by atoms with E-state index in [1.807, 2.05) is 163 Å². The van der Waals surface area contributed by atoms with Crippen LogP contribution in [-0.4, -0.2) is 60.6 Å². The van der Waals surface area contributed by atoms with Crippen molar-refractivity contribution in [1.29, 1.82) is 0 Å². The Morgan fingerprint density at radius 3 is 1.71 bits per heavy atom. The molecule has 7 aromatic heterocycles. The van der Waals surface area contributed by atoms with Crippen LogP contribution in [0.4, 0.5) is 11.6 Å². The summed E-state index contributed by atoms with van der Waals surface area (Å²) in [5.41, 5.74) is 6.82. The highest BCUT2D eigenvalue weighted by Crippen LogP contribution is 2.38. The van der Waals surface area contributed by atoms with Crippen molar-refractivity contribution in [2.75, 3.05) is 10.6 Å². The van der Waals surface area contributed by atoms with Gasteiger partial charge in [-0.25, -0.2) is 37.3 Å². The van der Waals surface area contributed by atoms with E-state index in [2.05, 4.69) is 83.3 Å². The number of anilines is 2. The minimum absolute atomic E-state index is 0.211. The fourth-order valence-corrected chi connectivity index (χ4v) is 10.7. The highest BCUT2D eigenvalue weighted by atomic mass is 79.9. The van der Waals surface area contributed by atoms with Gasteiger partial charge in [-0.1, -0.05) is 95.0 Å². The smallest absolute Gasteiger partial charge is 0.399 e. The molecule has 1 aliphatic heterocycles. The Morgan fingerprint density at radius 1 is 0.615 bits per heavy atom. The lowest BCUT2D eigenvalue weighted by Crippen LogP contribution is -2.41. The number of hydrogen-bond acceptors (Lipinski definition) is 11. The second-order valence-corrected chi connectivity index (χ2v) is 24.5. The van der Waals surface area contributed by atoms with Crippen LogP contribution >= 0.6 is 82.6 Å². The number of benzene rings is 3. The molecule has 3 aromatic carbocycles. The zero-order valence-electron chi connectivity index (χ0n) is 43.1. The third kappa shape index (κ3) is 15.0. The van der Waals surface area contributed by atoms with E-state index in [4.69, 9.17) is 49.1 Å². The van der Waals surface area contributed by atoms with Gasteiger partial charge >= 0.3 is 7.12 Å². The lowest BCUT2D eigenvalue weighted by Gasteiger charge is -2.32. The van der Waals surface area contributed by atoms with Gasteiger partial charge in [0.05, 0.1) is 26.8 Å². The molecule has 8 heterocycles. The third-order valence-electron chi connectivity index (χ3n) is 12.6. The number of H-pyrrole nitrogens is 1. The third-order valence-corrected chi connectivity index (χ3v) is 16.3. The molecule has 0 unspecified atom stereocenters. The second-order valence-electron chi connectivity index (χ2n) is 18.9. The van der Waals surface area contributed by atoms with Crippen LogP contribution in [0.5, 0.6) is 0 Å². The molecule has 11 rings (SSSR count). The first-order chi connectivity index (χ1) is 37.1. The van der Waals surface area contributed by atoms with Crippen molar-refractivity contribution >= 4 is 139 Å². The molecule has 0 saturated carbocycles. The van der Waals surface area contributed by atoms with Crippen LogP contribution in [0.3, 0.4) is 0 Å². The summed E-state index contributed by atoms with van der Waals surface area (Å²) in [6.45, 7) is 13.1. The molecule has 13 nitrogen and oxygen atoms in total. The van der Waals surface area contributed by atoms with E-state index in [0.717, 1.165) is 81.0 Å². The molecule has 10 aromatic rings. The zero-order valence-corrected chi connectivity index (χ0v) is 50.9. The molecule has 0 bridgehead atoms. The number of hydrogen-bond donors (Lipinski definition) is 3. The maximum Gasteiger partial charge on any atom is 0.497 e. The van der Waals surface area contributed by atoms with E-state index in [1.54, 1.807) is 42.9 Å². The summed E-state index contributed by atoms with van der Waals surface area (Å²) in [4.78, 5) is 25.1. The van der Waals surface area contributed by atoms with Crippen LogP contribution in [0.1, 0.15) is 49.9 Å². The number of aromatic amines is 1. The minimum Gasteiger partial charge on any atom is -0.399 e. The first kappa shape index (κ1) is 58.5. The number of halogens is 6. The fraction of sp³-hybridized carbons (Fsp3) is 0.175. The summed E-state index contributed by atoms with van der Waals surface area (Å²) in [5.74, 6) is 1.65. The molecular formula is C57H52BBr3Cl3N9O4S. The number of pyridine rings is 5. The van der Waals surface area contributed by atoms with Gasteiger partial charge in [0.15, 0.2) is 5.65 Å². The largest absolute Gasteiger partial charge is 0.497 e. The zero-order chi connectivity index (χ0) is 55.8.